The summed E-state index contributed by atoms with van der Waals surface area (Å²) in [5, 5.41) is 0.370. The van der Waals surface area contributed by atoms with Crippen LogP contribution in [0.5, 0.6) is 5.75 Å². The fraction of sp³-hybridized carbons (Fsp3) is 0.276. The molecule has 0 saturated carbocycles. The van der Waals surface area contributed by atoms with Gasteiger partial charge >= 0.3 is 6.36 Å². The Bertz CT molecular complexity index is 1530. The third-order valence-electron chi connectivity index (χ3n) is 6.35. The Kier molecular flexibility index (Phi) is 8.53. The van der Waals surface area contributed by atoms with E-state index in [2.05, 4.69) is 4.74 Å². The number of alkyl halides is 3. The molecule has 4 aromatic rings. The number of carbonyl (C=O) groups is 1. The summed E-state index contributed by atoms with van der Waals surface area (Å²) < 4.78 is 56.6. The Morgan fingerprint density at radius 3 is 2.25 bits per heavy atom. The van der Waals surface area contributed by atoms with Crippen molar-refractivity contribution in [2.24, 2.45) is 0 Å². The molecule has 3 aromatic carbocycles. The lowest BCUT2D eigenvalue weighted by Gasteiger charge is -2.31. The van der Waals surface area contributed by atoms with Crippen LogP contribution in [0.25, 0.3) is 16.6 Å². The third kappa shape index (κ3) is 6.84. The largest absolute Gasteiger partial charge is 0.573 e. The van der Waals surface area contributed by atoms with Gasteiger partial charge in [-0.05, 0) is 75.1 Å². The highest BCUT2D eigenvalue weighted by atomic mass is 19.4. The summed E-state index contributed by atoms with van der Waals surface area (Å²) in [6.07, 6.45) is -4.92. The Hall–Kier alpha value is -4.25. The molecule has 1 aromatic heterocycles. The fourth-order valence-corrected chi connectivity index (χ4v) is 4.34. The van der Waals surface area contributed by atoms with E-state index >= 15 is 0 Å². The number of halogens is 4. The number of hydrogen-bond acceptors (Lipinski definition) is 5. The number of benzene rings is 3. The zero-order chi connectivity index (χ0) is 29.0. The van der Waals surface area contributed by atoms with Gasteiger partial charge in [0.1, 0.15) is 17.4 Å². The second-order valence-electron chi connectivity index (χ2n) is 9.54. The van der Waals surface area contributed by atoms with Gasteiger partial charge < -0.3 is 14.5 Å². The van der Waals surface area contributed by atoms with Gasteiger partial charge in [0.15, 0.2) is 0 Å². The average molecular weight is 557 g/mol. The zero-order valence-corrected chi connectivity index (χ0v) is 22.2. The summed E-state index contributed by atoms with van der Waals surface area (Å²) in [5.74, 6) is -0.872. The highest BCUT2D eigenvalue weighted by Gasteiger charge is 2.31. The molecule has 0 saturated heterocycles. The summed E-state index contributed by atoms with van der Waals surface area (Å²) in [7, 11) is 3.71. The first-order valence-corrected chi connectivity index (χ1v) is 12.5. The number of rotatable bonds is 9. The Labute approximate surface area is 228 Å². The van der Waals surface area contributed by atoms with Crippen molar-refractivity contribution >= 4 is 16.8 Å². The molecule has 0 aliphatic carbocycles. The first kappa shape index (κ1) is 28.8. The van der Waals surface area contributed by atoms with Crippen LogP contribution in [0.1, 0.15) is 24.4 Å². The van der Waals surface area contributed by atoms with E-state index < -0.39 is 18.2 Å². The number of aromatic nitrogens is 2. The smallest absolute Gasteiger partial charge is 0.406 e. The molecule has 0 bridgehead atoms. The molecular weight excluding hydrogens is 528 g/mol. The van der Waals surface area contributed by atoms with E-state index in [-0.39, 0.29) is 36.0 Å². The van der Waals surface area contributed by atoms with E-state index in [9.17, 15) is 27.2 Å². The molecule has 0 radical (unpaired) electrons. The second kappa shape index (κ2) is 11.9. The lowest BCUT2D eigenvalue weighted by atomic mass is 10.1. The fourth-order valence-electron chi connectivity index (χ4n) is 4.34. The molecule has 0 aliphatic rings. The molecule has 0 fully saturated rings. The van der Waals surface area contributed by atoms with Gasteiger partial charge in [0, 0.05) is 13.1 Å². The van der Waals surface area contributed by atoms with Crippen molar-refractivity contribution in [1.29, 1.82) is 0 Å². The van der Waals surface area contributed by atoms with Crippen molar-refractivity contribution in [2.75, 3.05) is 27.2 Å². The van der Waals surface area contributed by atoms with Crippen molar-refractivity contribution in [3.63, 3.8) is 0 Å². The van der Waals surface area contributed by atoms with Crippen LogP contribution in [0.2, 0.25) is 0 Å². The first-order chi connectivity index (χ1) is 18.9. The highest BCUT2D eigenvalue weighted by Crippen LogP contribution is 2.26. The van der Waals surface area contributed by atoms with Crippen molar-refractivity contribution in [1.82, 2.24) is 19.4 Å². The maximum atomic E-state index is 13.7. The van der Waals surface area contributed by atoms with Crippen LogP contribution in [0.3, 0.4) is 0 Å². The van der Waals surface area contributed by atoms with Crippen LogP contribution < -0.4 is 10.3 Å². The van der Waals surface area contributed by atoms with E-state index in [1.165, 1.54) is 41.0 Å². The number of amides is 1. The molecule has 4 rings (SSSR count). The molecule has 0 aliphatic heterocycles. The average Bonchev–Trinajstić information content (AvgIpc) is 2.89. The number of nitrogens with zero attached hydrogens (tertiary/aromatic N) is 4. The van der Waals surface area contributed by atoms with Crippen LogP contribution >= 0.6 is 0 Å². The monoisotopic (exact) mass is 556 g/mol. The molecule has 0 spiro atoms. The maximum Gasteiger partial charge on any atom is 0.573 e. The Morgan fingerprint density at radius 1 is 0.975 bits per heavy atom. The number of ether oxygens (including phenoxy) is 1. The second-order valence-corrected chi connectivity index (χ2v) is 9.54. The highest BCUT2D eigenvalue weighted by molar-refractivity contribution is 5.80. The molecule has 210 valence electrons. The SMILES string of the molecule is C[C@H](c1nc2ccccc2c(=O)n1-c1ccc(F)cc1)N(CCN(C)C)C(=O)Cc1ccc(OC(F)(F)F)cc1. The van der Waals surface area contributed by atoms with E-state index in [0.717, 1.165) is 12.1 Å². The number of hydrogen-bond donors (Lipinski definition) is 0. The number of para-hydroxylation sites is 1. The molecule has 11 heteroatoms. The van der Waals surface area contributed by atoms with E-state index in [4.69, 9.17) is 4.98 Å². The molecule has 1 atom stereocenters. The van der Waals surface area contributed by atoms with Gasteiger partial charge in [-0.3, -0.25) is 14.2 Å². The Balaban J connectivity index is 1.73. The minimum absolute atomic E-state index is 0.0988. The molecule has 0 unspecified atom stereocenters. The van der Waals surface area contributed by atoms with Crippen LogP contribution in [-0.4, -0.2) is 58.8 Å². The van der Waals surface area contributed by atoms with Gasteiger partial charge in [0.05, 0.1) is 29.1 Å². The maximum absolute atomic E-state index is 13.7. The van der Waals surface area contributed by atoms with Gasteiger partial charge in [0.2, 0.25) is 5.91 Å². The molecular formula is C29H28F4N4O3. The molecule has 0 N–H and O–H groups in total. The van der Waals surface area contributed by atoms with Crippen molar-refractivity contribution in [3.8, 4) is 11.4 Å². The van der Waals surface area contributed by atoms with E-state index in [1.807, 2.05) is 19.0 Å². The summed E-state index contributed by atoms with van der Waals surface area (Å²) in [6, 6.07) is 16.7. The zero-order valence-electron chi connectivity index (χ0n) is 22.2. The third-order valence-corrected chi connectivity index (χ3v) is 6.35. The topological polar surface area (TPSA) is 67.7 Å². The minimum Gasteiger partial charge on any atom is -0.406 e. The summed E-state index contributed by atoms with van der Waals surface area (Å²) in [5.41, 5.74) is 0.975. The van der Waals surface area contributed by atoms with Crippen LogP contribution in [-0.2, 0) is 11.2 Å². The van der Waals surface area contributed by atoms with E-state index in [1.54, 1.807) is 36.1 Å². The van der Waals surface area contributed by atoms with E-state index in [0.29, 0.717) is 28.7 Å². The molecule has 40 heavy (non-hydrogen) atoms. The number of fused-ring (bicyclic) bond motifs is 1. The normalized spacial score (nSPS) is 12.5. The van der Waals surface area contributed by atoms with Crippen LogP contribution in [0.15, 0.2) is 77.6 Å². The van der Waals surface area contributed by atoms with Crippen molar-refractivity contribution in [2.45, 2.75) is 25.7 Å². The Morgan fingerprint density at radius 2 is 1.62 bits per heavy atom. The summed E-state index contributed by atoms with van der Waals surface area (Å²) in [6.45, 7) is 2.54. The first-order valence-electron chi connectivity index (χ1n) is 12.5. The van der Waals surface area contributed by atoms with Gasteiger partial charge in [0.25, 0.3) is 5.56 Å². The quantitative estimate of drug-likeness (QED) is 0.268. The summed E-state index contributed by atoms with van der Waals surface area (Å²) in [4.78, 5) is 35.5. The predicted molar refractivity (Wildman–Crippen MR) is 143 cm³/mol. The van der Waals surface area contributed by atoms with Crippen LogP contribution in [0, 0.1) is 5.82 Å². The van der Waals surface area contributed by atoms with Gasteiger partial charge in [-0.25, -0.2) is 9.37 Å². The van der Waals surface area contributed by atoms with Crippen molar-refractivity contribution < 1.29 is 27.1 Å². The molecule has 1 heterocycles. The minimum atomic E-state index is -4.82. The predicted octanol–water partition coefficient (Wildman–Crippen LogP) is 5.12. The van der Waals surface area contributed by atoms with Gasteiger partial charge in [-0.2, -0.15) is 0 Å². The molecule has 1 amide bonds. The van der Waals surface area contributed by atoms with Gasteiger partial charge in [-0.15, -0.1) is 13.2 Å². The summed E-state index contributed by atoms with van der Waals surface area (Å²) >= 11 is 0. The van der Waals surface area contributed by atoms with Gasteiger partial charge in [-0.1, -0.05) is 24.3 Å². The van der Waals surface area contributed by atoms with Crippen LogP contribution in [0.4, 0.5) is 17.6 Å². The standard InChI is InChI=1S/C29H28F4N4O3/c1-19(27-34-25-7-5-4-6-24(25)28(39)37(27)22-12-10-21(30)11-13-22)36(17-16-35(2)3)26(38)18-20-8-14-23(15-9-20)40-29(31,32)33/h4-15,19H,16-18H2,1-3H3/t19-/m1/s1. The lowest BCUT2D eigenvalue weighted by molar-refractivity contribution is -0.274. The number of carbonyl (C=O) groups excluding carboxylic acids is 1. The lowest BCUT2D eigenvalue weighted by Crippen LogP contribution is -2.41. The van der Waals surface area contributed by atoms with Crippen molar-refractivity contribution in [3.05, 3.63) is 100 Å². The molecule has 7 nitrogen and oxygen atoms in total. The number of likely N-dealkylation sites (N-methyl/N-ethyl adjacent to an activating group) is 1.